The molecule has 2 aromatic carbocycles. The van der Waals surface area contributed by atoms with Crippen molar-refractivity contribution in [2.45, 2.75) is 0 Å². The average Bonchev–Trinajstić information content (AvgIpc) is 2.99. The van der Waals surface area contributed by atoms with E-state index in [0.717, 1.165) is 21.1 Å². The number of thiazole rings is 1. The summed E-state index contributed by atoms with van der Waals surface area (Å²) in [6.45, 7) is 0. The van der Waals surface area contributed by atoms with Crippen molar-refractivity contribution in [2.75, 3.05) is 20.0 Å². The van der Waals surface area contributed by atoms with Gasteiger partial charge >= 0.3 is 0 Å². The van der Waals surface area contributed by atoms with Gasteiger partial charge in [-0.15, -0.1) is 0 Å². The number of aromatic nitrogens is 2. The minimum absolute atomic E-state index is 0.538. The lowest BCUT2D eigenvalue weighted by Gasteiger charge is -2.11. The van der Waals surface area contributed by atoms with Crippen LogP contribution >= 0.6 is 11.3 Å². The molecule has 0 radical (unpaired) electrons. The number of anilines is 1. The fraction of sp³-hybridized carbons (Fsp3) is 0.111. The predicted molar refractivity (Wildman–Crippen MR) is 99.0 cm³/mol. The molecule has 4 rings (SSSR count). The van der Waals surface area contributed by atoms with Crippen LogP contribution in [0.3, 0.4) is 0 Å². The fourth-order valence-electron chi connectivity index (χ4n) is 2.68. The molecule has 0 unspecified atom stereocenters. The number of rotatable bonds is 4. The molecule has 0 atom stereocenters. The first-order chi connectivity index (χ1) is 12.2. The average molecular weight is 353 g/mol. The zero-order valence-electron chi connectivity index (χ0n) is 13.6. The maximum Gasteiger partial charge on any atom is 0.181 e. The number of hydrogen-bond donors (Lipinski definition) is 1. The Hall–Kier alpha value is -3.06. The topological polar surface area (TPSA) is 79.5 Å². The standard InChI is InChI=1S/C18H15N3O3S/c1-22-15-6-5-13-12(17(15)23-2)7-11(9-20-13)24-10-3-4-14-16(8-10)25-18(19)21-14/h3-9H,1-2H3,(H2,19,21). The largest absolute Gasteiger partial charge is 0.493 e. The number of hydrogen-bond acceptors (Lipinski definition) is 7. The van der Waals surface area contributed by atoms with Gasteiger partial charge in [-0.05, 0) is 30.3 Å². The van der Waals surface area contributed by atoms with E-state index in [1.54, 1.807) is 20.4 Å². The van der Waals surface area contributed by atoms with E-state index in [4.69, 9.17) is 19.9 Å². The van der Waals surface area contributed by atoms with E-state index in [1.807, 2.05) is 36.4 Å². The van der Waals surface area contributed by atoms with Crippen molar-refractivity contribution in [1.29, 1.82) is 0 Å². The molecule has 2 heterocycles. The first-order valence-corrected chi connectivity index (χ1v) is 8.34. The van der Waals surface area contributed by atoms with Gasteiger partial charge in [-0.1, -0.05) is 11.3 Å². The minimum Gasteiger partial charge on any atom is -0.493 e. The zero-order valence-corrected chi connectivity index (χ0v) is 14.5. The minimum atomic E-state index is 0.538. The molecule has 6 nitrogen and oxygen atoms in total. The van der Waals surface area contributed by atoms with Crippen molar-refractivity contribution < 1.29 is 14.2 Å². The number of fused-ring (bicyclic) bond motifs is 2. The summed E-state index contributed by atoms with van der Waals surface area (Å²) in [6, 6.07) is 11.2. The van der Waals surface area contributed by atoms with Gasteiger partial charge in [-0.25, -0.2) is 4.98 Å². The van der Waals surface area contributed by atoms with Crippen molar-refractivity contribution in [3.05, 3.63) is 42.6 Å². The van der Waals surface area contributed by atoms with E-state index in [2.05, 4.69) is 9.97 Å². The lowest BCUT2D eigenvalue weighted by molar-refractivity contribution is 0.358. The highest BCUT2D eigenvalue weighted by molar-refractivity contribution is 7.22. The third kappa shape index (κ3) is 2.78. The quantitative estimate of drug-likeness (QED) is 0.591. The molecule has 0 aliphatic carbocycles. The van der Waals surface area contributed by atoms with Gasteiger partial charge < -0.3 is 19.9 Å². The number of pyridine rings is 1. The number of benzene rings is 2. The molecule has 0 spiro atoms. The van der Waals surface area contributed by atoms with E-state index in [1.165, 1.54) is 11.3 Å². The molecule has 0 fully saturated rings. The number of nitrogens with zero attached hydrogens (tertiary/aromatic N) is 2. The van der Waals surface area contributed by atoms with Crippen molar-refractivity contribution in [1.82, 2.24) is 9.97 Å². The van der Waals surface area contributed by atoms with E-state index in [0.29, 0.717) is 28.1 Å². The SMILES string of the molecule is COc1ccc2ncc(Oc3ccc4nc(N)sc4c3)cc2c1OC. The second-order valence-electron chi connectivity index (χ2n) is 5.32. The summed E-state index contributed by atoms with van der Waals surface area (Å²) >= 11 is 1.42. The second kappa shape index (κ2) is 6.10. The molecule has 7 heteroatoms. The molecule has 4 aromatic rings. The Bertz CT molecular complexity index is 1080. The van der Waals surface area contributed by atoms with Gasteiger partial charge in [0.25, 0.3) is 0 Å². The summed E-state index contributed by atoms with van der Waals surface area (Å²) in [5.41, 5.74) is 7.41. The molecular formula is C18H15N3O3S. The molecule has 126 valence electrons. The lowest BCUT2D eigenvalue weighted by Crippen LogP contribution is -1.93. The van der Waals surface area contributed by atoms with Crippen LogP contribution in [0.15, 0.2) is 42.6 Å². The zero-order chi connectivity index (χ0) is 17.4. The van der Waals surface area contributed by atoms with Crippen LogP contribution in [0.4, 0.5) is 5.13 Å². The molecule has 2 aromatic heterocycles. The van der Waals surface area contributed by atoms with Crippen molar-refractivity contribution in [2.24, 2.45) is 0 Å². The molecule has 0 aliphatic rings. The van der Waals surface area contributed by atoms with E-state index in [9.17, 15) is 0 Å². The molecule has 0 saturated carbocycles. The molecular weight excluding hydrogens is 338 g/mol. The van der Waals surface area contributed by atoms with Gasteiger partial charge in [0.2, 0.25) is 0 Å². The van der Waals surface area contributed by atoms with Gasteiger partial charge in [0, 0.05) is 11.5 Å². The summed E-state index contributed by atoms with van der Waals surface area (Å²) in [4.78, 5) is 8.68. The molecule has 25 heavy (non-hydrogen) atoms. The molecule has 0 aliphatic heterocycles. The molecule has 0 bridgehead atoms. The Labute approximate surface area is 147 Å². The smallest absolute Gasteiger partial charge is 0.181 e. The van der Waals surface area contributed by atoms with E-state index >= 15 is 0 Å². The summed E-state index contributed by atoms with van der Waals surface area (Å²) in [5.74, 6) is 2.58. The highest BCUT2D eigenvalue weighted by Gasteiger charge is 2.11. The highest BCUT2D eigenvalue weighted by Crippen LogP contribution is 2.37. The van der Waals surface area contributed by atoms with Crippen molar-refractivity contribution in [3.8, 4) is 23.0 Å². The summed E-state index contributed by atoms with van der Waals surface area (Å²) in [5, 5.41) is 1.36. The van der Waals surface area contributed by atoms with Gasteiger partial charge in [0.05, 0.1) is 36.1 Å². The van der Waals surface area contributed by atoms with Crippen LogP contribution < -0.4 is 19.9 Å². The van der Waals surface area contributed by atoms with Crippen LogP contribution in [-0.4, -0.2) is 24.2 Å². The Morgan fingerprint density at radius 3 is 2.60 bits per heavy atom. The van der Waals surface area contributed by atoms with Gasteiger partial charge in [-0.2, -0.15) is 0 Å². The second-order valence-corrected chi connectivity index (χ2v) is 6.38. The van der Waals surface area contributed by atoms with Crippen LogP contribution in [0.5, 0.6) is 23.0 Å². The lowest BCUT2D eigenvalue weighted by atomic mass is 10.2. The molecule has 2 N–H and O–H groups in total. The van der Waals surface area contributed by atoms with E-state index in [-0.39, 0.29) is 0 Å². The number of nitrogens with two attached hydrogens (primary N) is 1. The third-order valence-corrected chi connectivity index (χ3v) is 4.64. The van der Waals surface area contributed by atoms with Gasteiger partial charge in [0.15, 0.2) is 16.6 Å². The fourth-order valence-corrected chi connectivity index (χ4v) is 3.45. The van der Waals surface area contributed by atoms with Crippen molar-refractivity contribution >= 4 is 37.6 Å². The maximum atomic E-state index is 5.96. The summed E-state index contributed by atoms with van der Waals surface area (Å²) < 4.78 is 17.7. The van der Waals surface area contributed by atoms with Crippen LogP contribution in [0.25, 0.3) is 21.1 Å². The number of ether oxygens (including phenoxy) is 3. The van der Waals surface area contributed by atoms with Crippen LogP contribution in [0.1, 0.15) is 0 Å². The monoisotopic (exact) mass is 353 g/mol. The molecule has 0 saturated heterocycles. The van der Waals surface area contributed by atoms with Gasteiger partial charge in [0.1, 0.15) is 11.5 Å². The summed E-state index contributed by atoms with van der Waals surface area (Å²) in [7, 11) is 3.21. The third-order valence-electron chi connectivity index (χ3n) is 3.79. The van der Waals surface area contributed by atoms with Crippen molar-refractivity contribution in [3.63, 3.8) is 0 Å². The Morgan fingerprint density at radius 2 is 1.80 bits per heavy atom. The highest BCUT2D eigenvalue weighted by atomic mass is 32.1. The van der Waals surface area contributed by atoms with Crippen LogP contribution in [-0.2, 0) is 0 Å². The number of nitrogen functional groups attached to an aromatic ring is 1. The molecule has 0 amide bonds. The Balaban J connectivity index is 1.74. The van der Waals surface area contributed by atoms with Crippen LogP contribution in [0.2, 0.25) is 0 Å². The Kier molecular flexibility index (Phi) is 3.77. The van der Waals surface area contributed by atoms with Gasteiger partial charge in [-0.3, -0.25) is 4.98 Å². The Morgan fingerprint density at radius 1 is 0.960 bits per heavy atom. The normalized spacial score (nSPS) is 11.0. The summed E-state index contributed by atoms with van der Waals surface area (Å²) in [6.07, 6.45) is 1.68. The first kappa shape index (κ1) is 15.5. The number of methoxy groups -OCH3 is 2. The maximum absolute atomic E-state index is 5.96. The van der Waals surface area contributed by atoms with Crippen LogP contribution in [0, 0.1) is 0 Å². The first-order valence-electron chi connectivity index (χ1n) is 7.52. The van der Waals surface area contributed by atoms with E-state index < -0.39 is 0 Å². The predicted octanol–water partition coefficient (Wildman–Crippen LogP) is 4.24.